The van der Waals surface area contributed by atoms with E-state index in [1.807, 2.05) is 13.0 Å². The molecular weight excluding hydrogens is 406 g/mol. The second-order valence-electron chi connectivity index (χ2n) is 6.87. The van der Waals surface area contributed by atoms with Crippen molar-refractivity contribution in [3.05, 3.63) is 80.1 Å². The van der Waals surface area contributed by atoms with E-state index in [1.54, 1.807) is 18.2 Å². The summed E-state index contributed by atoms with van der Waals surface area (Å²) >= 11 is 0. The molecule has 31 heavy (non-hydrogen) atoms. The standard InChI is InChI=1S/C20H19N5O6/c1-12-5-4-6-17(7-12)31-18-9-15(8-16(10-18)24(27)28)22-20(26)14(3)23-13(2)19(11-21-23)25(29)30/h4-11,14H,1-3H3,(H,22,26). The molecular formula is C20H19N5O6. The third kappa shape index (κ3) is 4.83. The minimum absolute atomic E-state index is 0.146. The number of anilines is 1. The lowest BCUT2D eigenvalue weighted by molar-refractivity contribution is -0.385. The normalized spacial score (nSPS) is 11.6. The van der Waals surface area contributed by atoms with E-state index in [0.717, 1.165) is 11.8 Å². The molecule has 1 heterocycles. The maximum absolute atomic E-state index is 12.7. The van der Waals surface area contributed by atoms with Crippen LogP contribution in [-0.4, -0.2) is 25.5 Å². The second kappa shape index (κ2) is 8.61. The van der Waals surface area contributed by atoms with Gasteiger partial charge < -0.3 is 10.1 Å². The Morgan fingerprint density at radius 3 is 2.45 bits per heavy atom. The van der Waals surface area contributed by atoms with Crippen LogP contribution in [-0.2, 0) is 4.79 Å². The Morgan fingerprint density at radius 1 is 1.10 bits per heavy atom. The Labute approximate surface area is 176 Å². The van der Waals surface area contributed by atoms with E-state index < -0.39 is 21.8 Å². The fourth-order valence-corrected chi connectivity index (χ4v) is 2.98. The van der Waals surface area contributed by atoms with Crippen molar-refractivity contribution in [3.63, 3.8) is 0 Å². The molecule has 0 aliphatic carbocycles. The van der Waals surface area contributed by atoms with Crippen LogP contribution in [0.3, 0.4) is 0 Å². The molecule has 0 aliphatic heterocycles. The number of hydrogen-bond acceptors (Lipinski definition) is 7. The van der Waals surface area contributed by atoms with Crippen molar-refractivity contribution in [2.45, 2.75) is 26.8 Å². The van der Waals surface area contributed by atoms with E-state index >= 15 is 0 Å². The van der Waals surface area contributed by atoms with Crippen LogP contribution in [0.1, 0.15) is 24.2 Å². The van der Waals surface area contributed by atoms with Gasteiger partial charge in [-0.3, -0.25) is 29.7 Å². The number of carbonyl (C=O) groups is 1. The molecule has 1 amide bonds. The number of nitro groups is 2. The number of benzene rings is 2. The number of nitrogens with one attached hydrogen (secondary N) is 1. The fraction of sp³-hybridized carbons (Fsp3) is 0.200. The lowest BCUT2D eigenvalue weighted by atomic mass is 10.2. The average molecular weight is 425 g/mol. The predicted molar refractivity (Wildman–Crippen MR) is 111 cm³/mol. The first-order valence-corrected chi connectivity index (χ1v) is 9.19. The van der Waals surface area contributed by atoms with Gasteiger partial charge >= 0.3 is 5.69 Å². The fourth-order valence-electron chi connectivity index (χ4n) is 2.98. The molecule has 160 valence electrons. The Hall–Kier alpha value is -4.28. The first kappa shape index (κ1) is 21.4. The third-order valence-corrected chi connectivity index (χ3v) is 4.56. The van der Waals surface area contributed by atoms with Crippen LogP contribution in [0, 0.1) is 34.1 Å². The van der Waals surface area contributed by atoms with Gasteiger partial charge in [-0.05, 0) is 38.5 Å². The number of amides is 1. The monoisotopic (exact) mass is 425 g/mol. The molecule has 11 nitrogen and oxygen atoms in total. The van der Waals surface area contributed by atoms with Crippen molar-refractivity contribution in [1.82, 2.24) is 9.78 Å². The van der Waals surface area contributed by atoms with E-state index in [4.69, 9.17) is 4.74 Å². The summed E-state index contributed by atoms with van der Waals surface area (Å²) in [4.78, 5) is 33.8. The SMILES string of the molecule is Cc1cccc(Oc2cc(NC(=O)C(C)n3ncc([N+](=O)[O-])c3C)cc([N+](=O)[O-])c2)c1. The largest absolute Gasteiger partial charge is 0.457 e. The molecule has 3 aromatic rings. The highest BCUT2D eigenvalue weighted by molar-refractivity contribution is 5.94. The van der Waals surface area contributed by atoms with Crippen LogP contribution in [0.4, 0.5) is 17.1 Å². The number of aryl methyl sites for hydroxylation is 1. The lowest BCUT2D eigenvalue weighted by Gasteiger charge is -2.15. The molecule has 2 aromatic carbocycles. The minimum Gasteiger partial charge on any atom is -0.457 e. The number of hydrogen-bond donors (Lipinski definition) is 1. The van der Waals surface area contributed by atoms with Gasteiger partial charge in [-0.2, -0.15) is 5.10 Å². The van der Waals surface area contributed by atoms with E-state index in [1.165, 1.54) is 36.7 Å². The number of carbonyl (C=O) groups excluding carboxylic acids is 1. The van der Waals surface area contributed by atoms with Crippen molar-refractivity contribution in [3.8, 4) is 11.5 Å². The molecule has 0 bridgehead atoms. The van der Waals surface area contributed by atoms with Gasteiger partial charge in [-0.15, -0.1) is 0 Å². The molecule has 0 spiro atoms. The lowest BCUT2D eigenvalue weighted by Crippen LogP contribution is -2.25. The molecule has 0 aliphatic rings. The smallest absolute Gasteiger partial charge is 0.309 e. The van der Waals surface area contributed by atoms with Crippen LogP contribution >= 0.6 is 0 Å². The zero-order chi connectivity index (χ0) is 22.7. The van der Waals surface area contributed by atoms with Gasteiger partial charge in [0.15, 0.2) is 0 Å². The predicted octanol–water partition coefficient (Wildman–Crippen LogP) is 4.31. The summed E-state index contributed by atoms with van der Waals surface area (Å²) in [7, 11) is 0. The summed E-state index contributed by atoms with van der Waals surface area (Å²) in [5.41, 5.74) is 0.847. The van der Waals surface area contributed by atoms with E-state index in [-0.39, 0.29) is 28.5 Å². The quantitative estimate of drug-likeness (QED) is 0.439. The number of non-ortho nitro benzene ring substituents is 1. The highest BCUT2D eigenvalue weighted by Gasteiger charge is 2.24. The first-order chi connectivity index (χ1) is 14.7. The first-order valence-electron chi connectivity index (χ1n) is 9.19. The topological polar surface area (TPSA) is 142 Å². The van der Waals surface area contributed by atoms with E-state index in [0.29, 0.717) is 5.75 Å². The molecule has 3 rings (SSSR count). The van der Waals surface area contributed by atoms with Crippen LogP contribution in [0.2, 0.25) is 0 Å². The molecule has 1 unspecified atom stereocenters. The van der Waals surface area contributed by atoms with Gasteiger partial charge in [0, 0.05) is 12.1 Å². The molecule has 0 fully saturated rings. The van der Waals surface area contributed by atoms with Crippen molar-refractivity contribution < 1.29 is 19.4 Å². The molecule has 1 N–H and O–H groups in total. The zero-order valence-corrected chi connectivity index (χ0v) is 16.9. The summed E-state index contributed by atoms with van der Waals surface area (Å²) in [5, 5.41) is 28.8. The van der Waals surface area contributed by atoms with Gasteiger partial charge in [0.2, 0.25) is 5.91 Å². The van der Waals surface area contributed by atoms with Crippen molar-refractivity contribution in [1.29, 1.82) is 0 Å². The van der Waals surface area contributed by atoms with E-state index in [2.05, 4.69) is 10.4 Å². The summed E-state index contributed by atoms with van der Waals surface area (Å²) in [5.74, 6) is 0.113. The maximum atomic E-state index is 12.7. The number of ether oxygens (including phenoxy) is 1. The van der Waals surface area contributed by atoms with Crippen LogP contribution < -0.4 is 10.1 Å². The van der Waals surface area contributed by atoms with Crippen LogP contribution in [0.25, 0.3) is 0 Å². The summed E-state index contributed by atoms with van der Waals surface area (Å²) in [6.07, 6.45) is 1.07. The van der Waals surface area contributed by atoms with Gasteiger partial charge in [-0.25, -0.2) is 0 Å². The van der Waals surface area contributed by atoms with Gasteiger partial charge in [0.05, 0.1) is 21.6 Å². The van der Waals surface area contributed by atoms with Crippen LogP contribution in [0.5, 0.6) is 11.5 Å². The van der Waals surface area contributed by atoms with Gasteiger partial charge in [-0.1, -0.05) is 12.1 Å². The number of rotatable bonds is 7. The van der Waals surface area contributed by atoms with Gasteiger partial charge in [0.1, 0.15) is 29.4 Å². The number of nitrogens with zero attached hydrogens (tertiary/aromatic N) is 4. The minimum atomic E-state index is -0.894. The molecule has 0 saturated carbocycles. The van der Waals surface area contributed by atoms with Gasteiger partial charge in [0.25, 0.3) is 5.69 Å². The second-order valence-corrected chi connectivity index (χ2v) is 6.87. The van der Waals surface area contributed by atoms with Crippen molar-refractivity contribution in [2.75, 3.05) is 5.32 Å². The Morgan fingerprint density at radius 2 is 1.84 bits per heavy atom. The van der Waals surface area contributed by atoms with E-state index in [9.17, 15) is 25.0 Å². The Balaban J connectivity index is 1.86. The number of aromatic nitrogens is 2. The summed E-state index contributed by atoms with van der Waals surface area (Å²) < 4.78 is 6.94. The highest BCUT2D eigenvalue weighted by Crippen LogP contribution is 2.30. The average Bonchev–Trinajstić information content (AvgIpc) is 3.08. The summed E-state index contributed by atoms with van der Waals surface area (Å²) in [6.45, 7) is 4.88. The highest BCUT2D eigenvalue weighted by atomic mass is 16.6. The van der Waals surface area contributed by atoms with Crippen molar-refractivity contribution >= 4 is 23.0 Å². The number of nitro benzene ring substituents is 1. The molecule has 11 heteroatoms. The Bertz CT molecular complexity index is 1170. The molecule has 1 atom stereocenters. The summed E-state index contributed by atoms with van der Waals surface area (Å²) in [6, 6.07) is 10.2. The zero-order valence-electron chi connectivity index (χ0n) is 16.9. The van der Waals surface area contributed by atoms with Crippen LogP contribution in [0.15, 0.2) is 48.7 Å². The van der Waals surface area contributed by atoms with Crippen molar-refractivity contribution in [2.24, 2.45) is 0 Å². The Kier molecular flexibility index (Phi) is 5.95. The maximum Gasteiger partial charge on any atom is 0.309 e. The molecule has 0 radical (unpaired) electrons. The third-order valence-electron chi connectivity index (χ3n) is 4.56. The molecule has 1 aromatic heterocycles. The molecule has 0 saturated heterocycles.